The number of pyridine rings is 1. The molecule has 1 atom stereocenters. The van der Waals surface area contributed by atoms with E-state index in [1.807, 2.05) is 50.2 Å². The number of hydrogen-bond acceptors (Lipinski definition) is 4. The molecule has 0 amide bonds. The number of aliphatic hydroxyl groups is 1. The van der Waals surface area contributed by atoms with Gasteiger partial charge in [-0.15, -0.1) is 0 Å². The Bertz CT molecular complexity index is 547. The molecule has 0 fully saturated rings. The van der Waals surface area contributed by atoms with Crippen molar-refractivity contribution in [3.63, 3.8) is 0 Å². The molecule has 0 spiro atoms. The first-order chi connectivity index (χ1) is 8.98. The van der Waals surface area contributed by atoms with Crippen LogP contribution in [-0.4, -0.2) is 47.8 Å². The minimum Gasteiger partial charge on any atom is -0.387 e. The molecule has 0 saturated carbocycles. The second-order valence-corrected chi connectivity index (χ2v) is 5.47. The summed E-state index contributed by atoms with van der Waals surface area (Å²) in [4.78, 5) is 6.32. The van der Waals surface area contributed by atoms with Crippen molar-refractivity contribution in [3.05, 3.63) is 36.5 Å². The van der Waals surface area contributed by atoms with Crippen molar-refractivity contribution >= 4 is 16.6 Å². The average Bonchev–Trinajstić information content (AvgIpc) is 2.35. The lowest BCUT2D eigenvalue weighted by atomic mass is 10.1. The lowest BCUT2D eigenvalue weighted by molar-refractivity contribution is 0.0459. The van der Waals surface area contributed by atoms with Crippen LogP contribution in [-0.2, 0) is 0 Å². The highest BCUT2D eigenvalue weighted by atomic mass is 16.3. The Labute approximate surface area is 114 Å². The second-order valence-electron chi connectivity index (χ2n) is 5.47. The van der Waals surface area contributed by atoms with Gasteiger partial charge in [0.1, 0.15) is 5.82 Å². The van der Waals surface area contributed by atoms with Crippen molar-refractivity contribution in [2.45, 2.75) is 12.5 Å². The third-order valence-electron chi connectivity index (χ3n) is 2.97. The standard InChI is InChI=1S/C15H21N3O/c1-15(19,11-18(2)3)10-17-14-13-7-5-4-6-12(13)8-9-16-14/h4-9,19H,10-11H2,1-3H3,(H,16,17). The zero-order valence-electron chi connectivity index (χ0n) is 11.7. The van der Waals surface area contributed by atoms with E-state index in [-0.39, 0.29) is 0 Å². The highest BCUT2D eigenvalue weighted by molar-refractivity contribution is 5.91. The Balaban J connectivity index is 2.14. The third-order valence-corrected chi connectivity index (χ3v) is 2.97. The van der Waals surface area contributed by atoms with E-state index in [9.17, 15) is 5.11 Å². The van der Waals surface area contributed by atoms with Gasteiger partial charge < -0.3 is 15.3 Å². The summed E-state index contributed by atoms with van der Waals surface area (Å²) in [5.74, 6) is 0.817. The maximum Gasteiger partial charge on any atom is 0.133 e. The summed E-state index contributed by atoms with van der Waals surface area (Å²) < 4.78 is 0. The number of anilines is 1. The molecule has 4 heteroatoms. The van der Waals surface area contributed by atoms with Crippen LogP contribution in [0.25, 0.3) is 10.8 Å². The van der Waals surface area contributed by atoms with E-state index in [4.69, 9.17) is 0 Å². The highest BCUT2D eigenvalue weighted by Crippen LogP contribution is 2.20. The van der Waals surface area contributed by atoms with Crippen LogP contribution in [0.4, 0.5) is 5.82 Å². The number of rotatable bonds is 5. The van der Waals surface area contributed by atoms with Gasteiger partial charge in [0.15, 0.2) is 0 Å². The molecular formula is C15H21N3O. The lowest BCUT2D eigenvalue weighted by Gasteiger charge is -2.27. The summed E-state index contributed by atoms with van der Waals surface area (Å²) in [6, 6.07) is 10.1. The van der Waals surface area contributed by atoms with E-state index in [2.05, 4.69) is 16.4 Å². The predicted molar refractivity (Wildman–Crippen MR) is 79.4 cm³/mol. The number of benzene rings is 1. The average molecular weight is 259 g/mol. The van der Waals surface area contributed by atoms with Gasteiger partial charge in [-0.2, -0.15) is 0 Å². The van der Waals surface area contributed by atoms with Crippen LogP contribution < -0.4 is 5.32 Å². The van der Waals surface area contributed by atoms with Gasteiger partial charge in [-0.1, -0.05) is 24.3 Å². The topological polar surface area (TPSA) is 48.4 Å². The second kappa shape index (κ2) is 5.55. The minimum absolute atomic E-state index is 0.464. The fourth-order valence-corrected chi connectivity index (χ4v) is 2.27. The molecule has 0 bridgehead atoms. The van der Waals surface area contributed by atoms with Crippen molar-refractivity contribution in [1.82, 2.24) is 9.88 Å². The Hall–Kier alpha value is -1.65. The van der Waals surface area contributed by atoms with E-state index < -0.39 is 5.60 Å². The van der Waals surface area contributed by atoms with Crippen LogP contribution in [0.5, 0.6) is 0 Å². The van der Waals surface area contributed by atoms with E-state index in [0.29, 0.717) is 13.1 Å². The molecule has 1 aromatic carbocycles. The van der Waals surface area contributed by atoms with Gasteiger partial charge in [0.05, 0.1) is 5.60 Å². The Morgan fingerprint density at radius 3 is 2.74 bits per heavy atom. The zero-order valence-corrected chi connectivity index (χ0v) is 11.7. The fourth-order valence-electron chi connectivity index (χ4n) is 2.27. The Kier molecular flexibility index (Phi) is 4.02. The molecule has 19 heavy (non-hydrogen) atoms. The fraction of sp³-hybridized carbons (Fsp3) is 0.400. The molecule has 1 unspecified atom stereocenters. The van der Waals surface area contributed by atoms with Crippen LogP contribution in [0.2, 0.25) is 0 Å². The number of nitrogens with zero attached hydrogens (tertiary/aromatic N) is 2. The molecule has 0 aliphatic rings. The van der Waals surface area contributed by atoms with E-state index in [0.717, 1.165) is 16.6 Å². The third kappa shape index (κ3) is 3.66. The molecule has 102 valence electrons. The molecule has 0 radical (unpaired) electrons. The van der Waals surface area contributed by atoms with Crippen LogP contribution >= 0.6 is 0 Å². The molecule has 2 rings (SSSR count). The summed E-state index contributed by atoms with van der Waals surface area (Å²) in [7, 11) is 3.90. The molecule has 0 aliphatic carbocycles. The summed E-state index contributed by atoms with van der Waals surface area (Å²) in [5, 5.41) is 15.8. The van der Waals surface area contributed by atoms with Gasteiger partial charge in [0.25, 0.3) is 0 Å². The van der Waals surface area contributed by atoms with Crippen molar-refractivity contribution in [1.29, 1.82) is 0 Å². The van der Waals surface area contributed by atoms with Gasteiger partial charge >= 0.3 is 0 Å². The number of aromatic nitrogens is 1. The molecule has 2 N–H and O–H groups in total. The molecule has 0 aliphatic heterocycles. The van der Waals surface area contributed by atoms with Crippen LogP contribution in [0.3, 0.4) is 0 Å². The van der Waals surface area contributed by atoms with Crippen molar-refractivity contribution in [3.8, 4) is 0 Å². The van der Waals surface area contributed by atoms with E-state index >= 15 is 0 Å². The number of likely N-dealkylation sites (N-methyl/N-ethyl adjacent to an activating group) is 1. The van der Waals surface area contributed by atoms with Gasteiger partial charge in [-0.25, -0.2) is 4.98 Å². The van der Waals surface area contributed by atoms with E-state index in [1.54, 1.807) is 6.20 Å². The first-order valence-corrected chi connectivity index (χ1v) is 6.43. The molecule has 0 saturated heterocycles. The normalized spacial score (nSPS) is 14.6. The predicted octanol–water partition coefficient (Wildman–Crippen LogP) is 1.96. The Morgan fingerprint density at radius 1 is 1.26 bits per heavy atom. The van der Waals surface area contributed by atoms with Crippen molar-refractivity contribution in [2.24, 2.45) is 0 Å². The smallest absolute Gasteiger partial charge is 0.133 e. The van der Waals surface area contributed by atoms with Gasteiger partial charge in [0, 0.05) is 24.7 Å². The molecule has 2 aromatic rings. The summed E-state index contributed by atoms with van der Waals surface area (Å²) in [6.07, 6.45) is 1.78. The number of fused-ring (bicyclic) bond motifs is 1. The van der Waals surface area contributed by atoms with Gasteiger partial charge in [0.2, 0.25) is 0 Å². The number of hydrogen-bond donors (Lipinski definition) is 2. The van der Waals surface area contributed by atoms with E-state index in [1.165, 1.54) is 0 Å². The molecule has 4 nitrogen and oxygen atoms in total. The summed E-state index contributed by atoms with van der Waals surface area (Å²) in [5.41, 5.74) is -0.790. The summed E-state index contributed by atoms with van der Waals surface area (Å²) in [6.45, 7) is 2.89. The zero-order chi connectivity index (χ0) is 13.9. The minimum atomic E-state index is -0.790. The van der Waals surface area contributed by atoms with Crippen LogP contribution in [0.15, 0.2) is 36.5 Å². The maximum atomic E-state index is 10.3. The Morgan fingerprint density at radius 2 is 2.00 bits per heavy atom. The largest absolute Gasteiger partial charge is 0.387 e. The maximum absolute atomic E-state index is 10.3. The highest BCUT2D eigenvalue weighted by Gasteiger charge is 2.21. The SMILES string of the molecule is CN(C)CC(C)(O)CNc1nccc2ccccc12. The molecular weight excluding hydrogens is 238 g/mol. The van der Waals surface area contributed by atoms with Gasteiger partial charge in [-0.3, -0.25) is 0 Å². The summed E-state index contributed by atoms with van der Waals surface area (Å²) >= 11 is 0. The lowest BCUT2D eigenvalue weighted by Crippen LogP contribution is -2.43. The van der Waals surface area contributed by atoms with Crippen LogP contribution in [0, 0.1) is 0 Å². The van der Waals surface area contributed by atoms with Gasteiger partial charge in [-0.05, 0) is 32.5 Å². The van der Waals surface area contributed by atoms with Crippen molar-refractivity contribution in [2.75, 3.05) is 32.5 Å². The monoisotopic (exact) mass is 259 g/mol. The van der Waals surface area contributed by atoms with Crippen LogP contribution in [0.1, 0.15) is 6.92 Å². The number of nitrogens with one attached hydrogen (secondary N) is 1. The molecule has 1 aromatic heterocycles. The molecule has 1 heterocycles. The quantitative estimate of drug-likeness (QED) is 0.862. The first kappa shape index (κ1) is 13.8. The first-order valence-electron chi connectivity index (χ1n) is 6.43. The van der Waals surface area contributed by atoms with Crippen molar-refractivity contribution < 1.29 is 5.11 Å².